The highest BCUT2D eigenvalue weighted by atomic mass is 16.5. The number of para-hydroxylation sites is 3. The number of anilines is 2. The van der Waals surface area contributed by atoms with Gasteiger partial charge < -0.3 is 10.1 Å². The first-order valence-corrected chi connectivity index (χ1v) is 9.82. The number of ether oxygens (including phenoxy) is 1. The maximum atomic E-state index is 13.6. The Balaban J connectivity index is 1.83. The van der Waals surface area contributed by atoms with Crippen molar-refractivity contribution in [3.05, 3.63) is 83.7 Å². The third-order valence-corrected chi connectivity index (χ3v) is 5.41. The molecule has 6 heteroatoms. The maximum Gasteiger partial charge on any atom is 0.294 e. The van der Waals surface area contributed by atoms with Crippen LogP contribution in [-0.4, -0.2) is 18.9 Å². The highest BCUT2D eigenvalue weighted by Gasteiger charge is 2.44. The van der Waals surface area contributed by atoms with Crippen molar-refractivity contribution in [2.24, 2.45) is 0 Å². The van der Waals surface area contributed by atoms with Gasteiger partial charge >= 0.3 is 0 Å². The zero-order valence-electron chi connectivity index (χ0n) is 17.3. The Morgan fingerprint density at radius 2 is 1.73 bits per heavy atom. The molecule has 3 aromatic rings. The fourth-order valence-electron chi connectivity index (χ4n) is 3.94. The molecule has 0 saturated carbocycles. The molecule has 0 aliphatic carbocycles. The van der Waals surface area contributed by atoms with E-state index in [0.29, 0.717) is 11.4 Å². The van der Waals surface area contributed by atoms with E-state index in [1.807, 2.05) is 73.1 Å². The molecule has 0 radical (unpaired) electrons. The Morgan fingerprint density at radius 1 is 1.03 bits per heavy atom. The second-order valence-electron chi connectivity index (χ2n) is 7.35. The Kier molecular flexibility index (Phi) is 5.23. The molecule has 2 aromatic carbocycles. The van der Waals surface area contributed by atoms with E-state index in [2.05, 4.69) is 5.32 Å². The summed E-state index contributed by atoms with van der Waals surface area (Å²) in [6, 6.07) is 17.9. The molecule has 1 aromatic heterocycles. The zero-order valence-corrected chi connectivity index (χ0v) is 17.3. The van der Waals surface area contributed by atoms with Crippen LogP contribution in [0, 0.1) is 13.8 Å². The first-order valence-electron chi connectivity index (χ1n) is 9.82. The molecule has 0 unspecified atom stereocenters. The summed E-state index contributed by atoms with van der Waals surface area (Å²) in [5.74, 6) is 0.0938. The first kappa shape index (κ1) is 19.6. The summed E-state index contributed by atoms with van der Waals surface area (Å²) in [5.41, 5.74) is 4.02. The number of nitrogens with zero attached hydrogens (tertiary/aromatic N) is 2. The first-order chi connectivity index (χ1) is 14.5. The van der Waals surface area contributed by atoms with Crippen molar-refractivity contribution in [2.45, 2.75) is 26.4 Å². The molecule has 0 bridgehead atoms. The number of aryl methyl sites for hydroxylation is 2. The van der Waals surface area contributed by atoms with E-state index in [0.717, 1.165) is 22.5 Å². The molecule has 0 spiro atoms. The third kappa shape index (κ3) is 3.41. The lowest BCUT2D eigenvalue weighted by molar-refractivity contribution is -0.695. The number of methoxy groups -OCH3 is 1. The molecule has 1 aliphatic rings. The van der Waals surface area contributed by atoms with Crippen molar-refractivity contribution < 1.29 is 18.9 Å². The van der Waals surface area contributed by atoms with Gasteiger partial charge in [0, 0.05) is 17.8 Å². The van der Waals surface area contributed by atoms with Crippen LogP contribution in [0.2, 0.25) is 0 Å². The molecule has 6 nitrogen and oxygen atoms in total. The van der Waals surface area contributed by atoms with Crippen molar-refractivity contribution >= 4 is 23.2 Å². The minimum atomic E-state index is -0.831. The van der Waals surface area contributed by atoms with E-state index in [1.165, 1.54) is 4.90 Å². The van der Waals surface area contributed by atoms with Crippen LogP contribution in [0.4, 0.5) is 11.4 Å². The molecule has 2 heterocycles. The van der Waals surface area contributed by atoms with Crippen molar-refractivity contribution in [2.75, 3.05) is 17.3 Å². The third-order valence-electron chi connectivity index (χ3n) is 5.41. The molecule has 1 aliphatic heterocycles. The maximum absolute atomic E-state index is 13.6. The number of hydrogen-bond acceptors (Lipinski definition) is 3. The second-order valence-corrected chi connectivity index (χ2v) is 7.35. The number of hydrogen-bond donors (Lipinski definition) is 1. The van der Waals surface area contributed by atoms with E-state index in [-0.39, 0.29) is 18.4 Å². The van der Waals surface area contributed by atoms with Crippen molar-refractivity contribution in [1.29, 1.82) is 0 Å². The predicted octanol–water partition coefficient (Wildman–Crippen LogP) is 3.33. The van der Waals surface area contributed by atoms with Gasteiger partial charge in [0.05, 0.1) is 12.8 Å². The lowest BCUT2D eigenvalue weighted by Crippen LogP contribution is -2.58. The van der Waals surface area contributed by atoms with Gasteiger partial charge in [-0.1, -0.05) is 36.4 Å². The topological polar surface area (TPSA) is 62.5 Å². The van der Waals surface area contributed by atoms with Crippen molar-refractivity contribution in [1.82, 2.24) is 0 Å². The Morgan fingerprint density at radius 3 is 2.47 bits per heavy atom. The zero-order chi connectivity index (χ0) is 21.3. The smallest absolute Gasteiger partial charge is 0.294 e. The number of pyridine rings is 1. The number of aromatic nitrogens is 1. The fourth-order valence-corrected chi connectivity index (χ4v) is 3.94. The molecule has 30 heavy (non-hydrogen) atoms. The van der Waals surface area contributed by atoms with E-state index in [1.54, 1.807) is 19.2 Å². The Bertz CT molecular complexity index is 1110. The van der Waals surface area contributed by atoms with Crippen LogP contribution >= 0.6 is 0 Å². The van der Waals surface area contributed by atoms with Crippen molar-refractivity contribution in [3.8, 4) is 5.75 Å². The van der Waals surface area contributed by atoms with Crippen LogP contribution in [0.1, 0.15) is 22.9 Å². The molecule has 1 N–H and O–H groups in total. The molecule has 152 valence electrons. The van der Waals surface area contributed by atoms with Crippen LogP contribution in [0.15, 0.2) is 66.9 Å². The number of fused-ring (bicyclic) bond motifs is 1. The van der Waals surface area contributed by atoms with E-state index in [9.17, 15) is 9.59 Å². The SMILES string of the molecule is COc1ccccc1N1C(=O)C[n+]2ccccc2[C@@H]1C(=O)Nc1c(C)cccc1C. The average Bonchev–Trinajstić information content (AvgIpc) is 2.75. The fraction of sp³-hybridized carbons (Fsp3) is 0.208. The van der Waals surface area contributed by atoms with Crippen LogP contribution in [0.3, 0.4) is 0 Å². The summed E-state index contributed by atoms with van der Waals surface area (Å²) in [5, 5.41) is 3.06. The molecule has 1 atom stereocenters. The molecule has 0 saturated heterocycles. The monoisotopic (exact) mass is 402 g/mol. The standard InChI is InChI=1S/C24H23N3O3/c1-16-9-8-10-17(2)22(16)25-24(29)23-19-12-6-7-14-26(19)15-21(28)27(23)18-11-4-5-13-20(18)30-3/h4-14,23H,15H2,1-3H3/p+1/t23-/m1/s1. The van der Waals surface area contributed by atoms with Gasteiger partial charge in [0.1, 0.15) is 5.75 Å². The molecular weight excluding hydrogens is 378 g/mol. The largest absolute Gasteiger partial charge is 0.495 e. The number of rotatable bonds is 4. The van der Waals surface area contributed by atoms with Crippen LogP contribution in [-0.2, 0) is 16.1 Å². The van der Waals surface area contributed by atoms with Gasteiger partial charge in [-0.15, -0.1) is 0 Å². The number of nitrogens with one attached hydrogen (secondary N) is 1. The normalized spacial score (nSPS) is 15.5. The molecule has 2 amide bonds. The van der Waals surface area contributed by atoms with E-state index in [4.69, 9.17) is 4.74 Å². The minimum Gasteiger partial charge on any atom is -0.495 e. The molecular formula is C24H24N3O3+. The van der Waals surface area contributed by atoms with Gasteiger partial charge in [0.2, 0.25) is 18.3 Å². The lowest BCUT2D eigenvalue weighted by Gasteiger charge is -2.33. The van der Waals surface area contributed by atoms with Gasteiger partial charge in [-0.25, -0.2) is 0 Å². The van der Waals surface area contributed by atoms with Crippen LogP contribution in [0.5, 0.6) is 5.75 Å². The summed E-state index contributed by atoms with van der Waals surface area (Å²) < 4.78 is 7.31. The van der Waals surface area contributed by atoms with Gasteiger partial charge in [-0.05, 0) is 37.1 Å². The number of benzene rings is 2. The summed E-state index contributed by atoms with van der Waals surface area (Å²) in [4.78, 5) is 28.3. The highest BCUT2D eigenvalue weighted by Crippen LogP contribution is 2.36. The molecule has 4 rings (SSSR count). The lowest BCUT2D eigenvalue weighted by atomic mass is 10.0. The van der Waals surface area contributed by atoms with Crippen LogP contribution in [0.25, 0.3) is 0 Å². The minimum absolute atomic E-state index is 0.154. The molecule has 0 fully saturated rings. The Hall–Kier alpha value is -3.67. The highest BCUT2D eigenvalue weighted by molar-refractivity contribution is 6.06. The van der Waals surface area contributed by atoms with Gasteiger partial charge in [0.25, 0.3) is 11.8 Å². The Labute approximate surface area is 175 Å². The number of carbonyl (C=O) groups is 2. The van der Waals surface area contributed by atoms with Gasteiger partial charge in [-0.3, -0.25) is 14.5 Å². The van der Waals surface area contributed by atoms with Gasteiger partial charge in [0.15, 0.2) is 6.20 Å². The van der Waals surface area contributed by atoms with E-state index < -0.39 is 6.04 Å². The number of amides is 2. The quantitative estimate of drug-likeness (QED) is 0.681. The predicted molar refractivity (Wildman–Crippen MR) is 114 cm³/mol. The van der Waals surface area contributed by atoms with Crippen LogP contribution < -0.4 is 19.5 Å². The van der Waals surface area contributed by atoms with Gasteiger partial charge in [-0.2, -0.15) is 4.57 Å². The van der Waals surface area contributed by atoms with E-state index >= 15 is 0 Å². The number of carbonyl (C=O) groups excluding carboxylic acids is 2. The summed E-state index contributed by atoms with van der Waals surface area (Å²) in [6.45, 7) is 4.06. The average molecular weight is 402 g/mol. The summed E-state index contributed by atoms with van der Waals surface area (Å²) >= 11 is 0. The summed E-state index contributed by atoms with van der Waals surface area (Å²) in [7, 11) is 1.56. The second kappa shape index (κ2) is 7.99. The van der Waals surface area contributed by atoms with Crippen molar-refractivity contribution in [3.63, 3.8) is 0 Å². The summed E-state index contributed by atoms with van der Waals surface area (Å²) in [6.07, 6.45) is 1.83.